The number of hydrogen-bond donors (Lipinski definition) is 1. The highest BCUT2D eigenvalue weighted by molar-refractivity contribution is 5.79. The Hall–Kier alpha value is -1.88. The lowest BCUT2D eigenvalue weighted by Crippen LogP contribution is -2.48. The fraction of sp³-hybridized carbons (Fsp3) is 0.579. The molecule has 0 heterocycles. The van der Waals surface area contributed by atoms with E-state index in [0.29, 0.717) is 13.0 Å². The Bertz CT molecular complexity index is 522. The third-order valence-electron chi connectivity index (χ3n) is 3.35. The lowest BCUT2D eigenvalue weighted by molar-refractivity contribution is -0.157. The molecule has 5 nitrogen and oxygen atoms in total. The number of aryl methyl sites for hydroxylation is 1. The number of carbonyl (C=O) groups is 2. The zero-order chi connectivity index (χ0) is 18.2. The van der Waals surface area contributed by atoms with Crippen molar-refractivity contribution < 1.29 is 19.1 Å². The van der Waals surface area contributed by atoms with Gasteiger partial charge in [0, 0.05) is 0 Å². The smallest absolute Gasteiger partial charge is 0.323 e. The molecule has 0 saturated heterocycles. The Balaban J connectivity index is 2.68. The van der Waals surface area contributed by atoms with Gasteiger partial charge in [0.1, 0.15) is 17.7 Å². The van der Waals surface area contributed by atoms with Gasteiger partial charge in [0.05, 0.1) is 6.61 Å². The topological polar surface area (TPSA) is 64.6 Å². The SMILES string of the molecule is CCOC(=O)[C@H](CCc1ccccc1)N[C@H](C)C(=O)OC(C)(C)C. The summed E-state index contributed by atoms with van der Waals surface area (Å²) in [7, 11) is 0. The Morgan fingerprint density at radius 3 is 2.29 bits per heavy atom. The van der Waals surface area contributed by atoms with E-state index in [0.717, 1.165) is 12.0 Å². The summed E-state index contributed by atoms with van der Waals surface area (Å²) in [6.07, 6.45) is 1.27. The molecule has 5 heteroatoms. The average Bonchev–Trinajstić information content (AvgIpc) is 2.50. The van der Waals surface area contributed by atoms with Crippen molar-refractivity contribution in [3.63, 3.8) is 0 Å². The Labute approximate surface area is 144 Å². The molecule has 0 spiro atoms. The standard InChI is InChI=1S/C19H29NO4/c1-6-23-18(22)16(13-12-15-10-8-7-9-11-15)20-14(2)17(21)24-19(3,4)5/h7-11,14,16,20H,6,12-13H2,1-5H3/t14-,16+/m1/s1. The Morgan fingerprint density at radius 1 is 1.12 bits per heavy atom. The number of ether oxygens (including phenoxy) is 2. The van der Waals surface area contributed by atoms with Crippen LogP contribution in [0.15, 0.2) is 30.3 Å². The van der Waals surface area contributed by atoms with E-state index >= 15 is 0 Å². The minimum atomic E-state index is -0.589. The van der Waals surface area contributed by atoms with Crippen molar-refractivity contribution in [3.05, 3.63) is 35.9 Å². The molecule has 0 aliphatic heterocycles. The summed E-state index contributed by atoms with van der Waals surface area (Å²) < 4.78 is 10.5. The van der Waals surface area contributed by atoms with Gasteiger partial charge in [-0.1, -0.05) is 30.3 Å². The first-order valence-electron chi connectivity index (χ1n) is 8.42. The maximum absolute atomic E-state index is 12.2. The molecular formula is C19H29NO4. The number of carbonyl (C=O) groups excluding carboxylic acids is 2. The normalized spacial score (nSPS) is 13.9. The van der Waals surface area contributed by atoms with Crippen molar-refractivity contribution in [2.75, 3.05) is 6.61 Å². The van der Waals surface area contributed by atoms with Crippen molar-refractivity contribution in [3.8, 4) is 0 Å². The first kappa shape index (κ1) is 20.2. The molecule has 1 aromatic rings. The molecule has 1 N–H and O–H groups in total. The molecule has 24 heavy (non-hydrogen) atoms. The predicted molar refractivity (Wildman–Crippen MR) is 93.6 cm³/mol. The number of rotatable bonds is 8. The minimum absolute atomic E-state index is 0.309. The van der Waals surface area contributed by atoms with Crippen LogP contribution in [0.2, 0.25) is 0 Å². The summed E-state index contributed by atoms with van der Waals surface area (Å²) in [5.41, 5.74) is 0.578. The van der Waals surface area contributed by atoms with Gasteiger partial charge in [-0.05, 0) is 53.0 Å². The molecule has 0 radical (unpaired) electrons. The second-order valence-electron chi connectivity index (χ2n) is 6.75. The zero-order valence-corrected chi connectivity index (χ0v) is 15.3. The highest BCUT2D eigenvalue weighted by Gasteiger charge is 2.27. The van der Waals surface area contributed by atoms with Crippen LogP contribution in [0, 0.1) is 0 Å². The van der Waals surface area contributed by atoms with Crippen molar-refractivity contribution in [1.82, 2.24) is 5.32 Å². The van der Waals surface area contributed by atoms with Crippen molar-refractivity contribution >= 4 is 11.9 Å². The Morgan fingerprint density at radius 2 is 1.75 bits per heavy atom. The maximum Gasteiger partial charge on any atom is 0.323 e. The van der Waals surface area contributed by atoms with Gasteiger partial charge in [0.2, 0.25) is 0 Å². The van der Waals surface area contributed by atoms with E-state index in [1.54, 1.807) is 13.8 Å². The monoisotopic (exact) mass is 335 g/mol. The second kappa shape index (κ2) is 9.42. The fourth-order valence-corrected chi connectivity index (χ4v) is 2.23. The van der Waals surface area contributed by atoms with Crippen molar-refractivity contribution in [2.24, 2.45) is 0 Å². The first-order valence-corrected chi connectivity index (χ1v) is 8.42. The van der Waals surface area contributed by atoms with Crippen molar-refractivity contribution in [1.29, 1.82) is 0 Å². The first-order chi connectivity index (χ1) is 11.2. The van der Waals surface area contributed by atoms with Crippen molar-refractivity contribution in [2.45, 2.75) is 65.1 Å². The third-order valence-corrected chi connectivity index (χ3v) is 3.35. The van der Waals surface area contributed by atoms with Gasteiger partial charge >= 0.3 is 11.9 Å². The van der Waals surface area contributed by atoms with Crippen LogP contribution in [0.1, 0.15) is 46.6 Å². The number of esters is 2. The molecule has 0 saturated carbocycles. The van der Waals surface area contributed by atoms with E-state index in [2.05, 4.69) is 5.32 Å². The lowest BCUT2D eigenvalue weighted by atomic mass is 10.0. The molecule has 1 aromatic carbocycles. The van der Waals surface area contributed by atoms with Gasteiger partial charge in [-0.2, -0.15) is 0 Å². The van der Waals surface area contributed by atoms with E-state index in [1.807, 2.05) is 51.1 Å². The van der Waals surface area contributed by atoms with Crippen LogP contribution >= 0.6 is 0 Å². The molecule has 0 aliphatic carbocycles. The van der Waals surface area contributed by atoms with E-state index in [-0.39, 0.29) is 11.9 Å². The van der Waals surface area contributed by atoms with Gasteiger partial charge in [-0.3, -0.25) is 14.9 Å². The largest absolute Gasteiger partial charge is 0.465 e. The minimum Gasteiger partial charge on any atom is -0.465 e. The number of benzene rings is 1. The maximum atomic E-state index is 12.2. The third kappa shape index (κ3) is 7.59. The van der Waals surface area contributed by atoms with E-state index < -0.39 is 17.7 Å². The second-order valence-corrected chi connectivity index (χ2v) is 6.75. The summed E-state index contributed by atoms with van der Waals surface area (Å²) in [6.45, 7) is 9.22. The van der Waals surface area contributed by atoms with Gasteiger partial charge in [-0.15, -0.1) is 0 Å². The average molecular weight is 335 g/mol. The molecule has 0 unspecified atom stereocenters. The van der Waals surface area contributed by atoms with Crippen LogP contribution in [0.5, 0.6) is 0 Å². The van der Waals surface area contributed by atoms with E-state index in [4.69, 9.17) is 9.47 Å². The van der Waals surface area contributed by atoms with Gasteiger partial charge in [-0.25, -0.2) is 0 Å². The van der Waals surface area contributed by atoms with Crippen LogP contribution in [0.25, 0.3) is 0 Å². The highest BCUT2D eigenvalue weighted by Crippen LogP contribution is 2.11. The molecule has 134 valence electrons. The zero-order valence-electron chi connectivity index (χ0n) is 15.3. The van der Waals surface area contributed by atoms with Gasteiger partial charge in [0.15, 0.2) is 0 Å². The highest BCUT2D eigenvalue weighted by atomic mass is 16.6. The molecule has 0 aliphatic rings. The lowest BCUT2D eigenvalue weighted by Gasteiger charge is -2.25. The molecule has 0 amide bonds. The van der Waals surface area contributed by atoms with Gasteiger partial charge in [0.25, 0.3) is 0 Å². The number of nitrogens with one attached hydrogen (secondary N) is 1. The predicted octanol–water partition coefficient (Wildman–Crippen LogP) is 2.87. The van der Waals surface area contributed by atoms with Crippen LogP contribution in [0.4, 0.5) is 0 Å². The van der Waals surface area contributed by atoms with Crippen LogP contribution < -0.4 is 5.32 Å². The summed E-state index contributed by atoms with van der Waals surface area (Å²) in [6, 6.07) is 8.77. The summed E-state index contributed by atoms with van der Waals surface area (Å²) in [4.78, 5) is 24.3. The van der Waals surface area contributed by atoms with E-state index in [1.165, 1.54) is 0 Å². The quantitative estimate of drug-likeness (QED) is 0.740. The molecule has 0 bridgehead atoms. The summed E-state index contributed by atoms with van der Waals surface area (Å²) >= 11 is 0. The van der Waals surface area contributed by atoms with Gasteiger partial charge < -0.3 is 9.47 Å². The summed E-state index contributed by atoms with van der Waals surface area (Å²) in [5.74, 6) is -0.722. The van der Waals surface area contributed by atoms with Crippen LogP contribution in [0.3, 0.4) is 0 Å². The molecule has 0 fully saturated rings. The Kier molecular flexibility index (Phi) is 7.92. The number of hydrogen-bond acceptors (Lipinski definition) is 5. The fourth-order valence-electron chi connectivity index (χ4n) is 2.23. The van der Waals surface area contributed by atoms with E-state index in [9.17, 15) is 9.59 Å². The molecule has 1 rings (SSSR count). The molecule has 2 atom stereocenters. The van der Waals surface area contributed by atoms with Crippen LogP contribution in [-0.2, 0) is 25.5 Å². The van der Waals surface area contributed by atoms with Crippen LogP contribution in [-0.4, -0.2) is 36.2 Å². The molecule has 0 aromatic heterocycles. The molecular weight excluding hydrogens is 306 g/mol. The summed E-state index contributed by atoms with van der Waals surface area (Å²) in [5, 5.41) is 3.05.